The van der Waals surface area contributed by atoms with Crippen molar-refractivity contribution in [3.63, 3.8) is 0 Å². The van der Waals surface area contributed by atoms with E-state index in [1.165, 1.54) is 16.8 Å². The molecule has 6 nitrogen and oxygen atoms in total. The van der Waals surface area contributed by atoms with E-state index in [9.17, 15) is 12.8 Å². The van der Waals surface area contributed by atoms with Crippen LogP contribution in [-0.2, 0) is 23.4 Å². The first-order chi connectivity index (χ1) is 8.86. The van der Waals surface area contributed by atoms with Gasteiger partial charge >= 0.3 is 0 Å². The highest BCUT2D eigenvalue weighted by atomic mass is 32.2. The van der Waals surface area contributed by atoms with Gasteiger partial charge in [0.2, 0.25) is 0 Å². The van der Waals surface area contributed by atoms with Crippen molar-refractivity contribution in [2.75, 3.05) is 11.6 Å². The largest absolute Gasteiger partial charge is 0.377 e. The van der Waals surface area contributed by atoms with Gasteiger partial charge in [0.25, 0.3) is 0 Å². The van der Waals surface area contributed by atoms with Crippen molar-refractivity contribution in [3.8, 4) is 0 Å². The number of rotatable bonds is 4. The Morgan fingerprint density at radius 3 is 2.74 bits per heavy atom. The summed E-state index contributed by atoms with van der Waals surface area (Å²) in [5.74, 6) is -0.517. The number of benzene rings is 1. The fourth-order valence-electron chi connectivity index (χ4n) is 1.53. The summed E-state index contributed by atoms with van der Waals surface area (Å²) in [5, 5.41) is 10.4. The normalized spacial score (nSPS) is 11.5. The number of aromatic nitrogens is 3. The lowest BCUT2D eigenvalue weighted by Crippen LogP contribution is -2.04. The Morgan fingerprint density at radius 2 is 2.16 bits per heavy atom. The molecule has 2 aromatic rings. The molecule has 0 aliphatic heterocycles. The molecule has 0 spiro atoms. The van der Waals surface area contributed by atoms with Crippen molar-refractivity contribution >= 4 is 15.5 Å². The molecule has 0 radical (unpaired) electrons. The number of aryl methyl sites for hydroxylation is 1. The number of anilines is 1. The molecule has 0 fully saturated rings. The Kier molecular flexibility index (Phi) is 3.52. The van der Waals surface area contributed by atoms with E-state index in [-0.39, 0.29) is 17.1 Å². The lowest BCUT2D eigenvalue weighted by Gasteiger charge is -2.07. The summed E-state index contributed by atoms with van der Waals surface area (Å²) in [4.78, 5) is 0.0653. The number of sulfone groups is 1. The van der Waals surface area contributed by atoms with E-state index in [4.69, 9.17) is 0 Å². The summed E-state index contributed by atoms with van der Waals surface area (Å²) < 4.78 is 37.9. The molecule has 0 bridgehead atoms. The third kappa shape index (κ3) is 3.28. The Hall–Kier alpha value is -1.96. The van der Waals surface area contributed by atoms with Crippen LogP contribution >= 0.6 is 0 Å². The lowest BCUT2D eigenvalue weighted by molar-refractivity contribution is 0.600. The molecule has 0 atom stereocenters. The number of halogens is 1. The molecular weight excluding hydrogens is 271 g/mol. The fraction of sp³-hybridized carbons (Fsp3) is 0.273. The highest BCUT2D eigenvalue weighted by molar-refractivity contribution is 7.90. The van der Waals surface area contributed by atoms with E-state index in [1.807, 2.05) is 0 Å². The van der Waals surface area contributed by atoms with Crippen LogP contribution in [0.4, 0.5) is 10.1 Å². The van der Waals surface area contributed by atoms with Gasteiger partial charge in [0.05, 0.1) is 17.1 Å². The molecule has 1 aromatic heterocycles. The maximum Gasteiger partial charge on any atom is 0.175 e. The zero-order valence-electron chi connectivity index (χ0n) is 10.5. The third-order valence-corrected chi connectivity index (χ3v) is 3.59. The van der Waals surface area contributed by atoms with E-state index in [2.05, 4.69) is 15.6 Å². The highest BCUT2D eigenvalue weighted by Gasteiger charge is 2.11. The zero-order valence-corrected chi connectivity index (χ0v) is 11.3. The third-order valence-electron chi connectivity index (χ3n) is 2.48. The van der Waals surface area contributed by atoms with E-state index >= 15 is 0 Å². The van der Waals surface area contributed by atoms with Gasteiger partial charge in [0.1, 0.15) is 11.5 Å². The van der Waals surface area contributed by atoms with E-state index < -0.39 is 15.7 Å². The highest BCUT2D eigenvalue weighted by Crippen LogP contribution is 2.20. The van der Waals surface area contributed by atoms with E-state index in [0.717, 1.165) is 12.3 Å². The van der Waals surface area contributed by atoms with Crippen LogP contribution in [0.2, 0.25) is 0 Å². The first-order valence-electron chi connectivity index (χ1n) is 5.45. The molecular formula is C11H13FN4O2S. The van der Waals surface area contributed by atoms with Gasteiger partial charge in [-0.3, -0.25) is 4.68 Å². The van der Waals surface area contributed by atoms with Crippen molar-refractivity contribution < 1.29 is 12.8 Å². The maximum atomic E-state index is 13.6. The summed E-state index contributed by atoms with van der Waals surface area (Å²) in [6.45, 7) is 0.262. The van der Waals surface area contributed by atoms with Crippen LogP contribution in [0.25, 0.3) is 0 Å². The molecule has 0 unspecified atom stereocenters. The number of nitrogens with one attached hydrogen (secondary N) is 1. The van der Waals surface area contributed by atoms with Crippen LogP contribution in [-0.4, -0.2) is 29.7 Å². The molecule has 1 aromatic carbocycles. The molecule has 0 amide bonds. The Labute approximate surface area is 110 Å². The summed E-state index contributed by atoms with van der Waals surface area (Å²) in [7, 11) is -1.64. The minimum absolute atomic E-state index is 0.0653. The van der Waals surface area contributed by atoms with Gasteiger partial charge in [-0.2, -0.15) is 0 Å². The van der Waals surface area contributed by atoms with E-state index in [1.54, 1.807) is 13.2 Å². The monoisotopic (exact) mass is 284 g/mol. The summed E-state index contributed by atoms with van der Waals surface area (Å²) in [6, 6.07) is 3.62. The van der Waals surface area contributed by atoms with Gasteiger partial charge < -0.3 is 5.32 Å². The number of hydrogen-bond acceptors (Lipinski definition) is 5. The zero-order chi connectivity index (χ0) is 14.0. The predicted molar refractivity (Wildman–Crippen MR) is 67.8 cm³/mol. The SMILES string of the molecule is Cn1cc(CNc2cc(S(C)(=O)=O)ccc2F)nn1. The van der Waals surface area contributed by atoms with Gasteiger partial charge in [-0.05, 0) is 18.2 Å². The van der Waals surface area contributed by atoms with Crippen molar-refractivity contribution in [1.82, 2.24) is 15.0 Å². The van der Waals surface area contributed by atoms with Crippen molar-refractivity contribution in [1.29, 1.82) is 0 Å². The quantitative estimate of drug-likeness (QED) is 0.847. The second kappa shape index (κ2) is 4.96. The molecule has 19 heavy (non-hydrogen) atoms. The molecule has 0 aliphatic rings. The molecule has 1 N–H and O–H groups in total. The van der Waals surface area contributed by atoms with Crippen molar-refractivity contribution in [3.05, 3.63) is 35.9 Å². The molecule has 2 rings (SSSR count). The summed E-state index contributed by atoms with van der Waals surface area (Å²) >= 11 is 0. The lowest BCUT2D eigenvalue weighted by atomic mass is 10.3. The number of hydrogen-bond donors (Lipinski definition) is 1. The van der Waals surface area contributed by atoms with Crippen LogP contribution in [0.1, 0.15) is 5.69 Å². The first kappa shape index (κ1) is 13.5. The predicted octanol–water partition coefficient (Wildman–Crippen LogP) is 0.970. The van der Waals surface area contributed by atoms with Crippen molar-refractivity contribution in [2.45, 2.75) is 11.4 Å². The molecule has 0 aliphatic carbocycles. The van der Waals surface area contributed by atoms with Gasteiger partial charge in [-0.15, -0.1) is 5.10 Å². The Morgan fingerprint density at radius 1 is 1.42 bits per heavy atom. The summed E-state index contributed by atoms with van der Waals surface area (Å²) in [5.41, 5.74) is 0.750. The molecule has 1 heterocycles. The van der Waals surface area contributed by atoms with Crippen LogP contribution in [0, 0.1) is 5.82 Å². The average molecular weight is 284 g/mol. The van der Waals surface area contributed by atoms with Gasteiger partial charge in [0.15, 0.2) is 9.84 Å². The average Bonchev–Trinajstić information content (AvgIpc) is 2.72. The van der Waals surface area contributed by atoms with Crippen LogP contribution in [0.5, 0.6) is 0 Å². The minimum atomic E-state index is -3.36. The van der Waals surface area contributed by atoms with Crippen LogP contribution in [0.3, 0.4) is 0 Å². The molecule has 0 saturated carbocycles. The van der Waals surface area contributed by atoms with Gasteiger partial charge in [-0.25, -0.2) is 12.8 Å². The van der Waals surface area contributed by atoms with Crippen LogP contribution in [0.15, 0.2) is 29.3 Å². The first-order valence-corrected chi connectivity index (χ1v) is 7.34. The Bertz CT molecular complexity index is 696. The van der Waals surface area contributed by atoms with Crippen molar-refractivity contribution in [2.24, 2.45) is 7.05 Å². The fourth-order valence-corrected chi connectivity index (χ4v) is 2.18. The van der Waals surface area contributed by atoms with Gasteiger partial charge in [0, 0.05) is 19.5 Å². The summed E-state index contributed by atoms with van der Waals surface area (Å²) in [6.07, 6.45) is 2.76. The number of nitrogens with zero attached hydrogens (tertiary/aromatic N) is 3. The molecule has 102 valence electrons. The smallest absolute Gasteiger partial charge is 0.175 e. The molecule has 8 heteroatoms. The second-order valence-corrected chi connectivity index (χ2v) is 6.17. The Balaban J connectivity index is 2.20. The second-order valence-electron chi connectivity index (χ2n) is 4.15. The maximum absolute atomic E-state index is 13.6. The molecule has 0 saturated heterocycles. The topological polar surface area (TPSA) is 76.9 Å². The van der Waals surface area contributed by atoms with Crippen LogP contribution < -0.4 is 5.32 Å². The standard InChI is InChI=1S/C11H13FN4O2S/c1-16-7-8(14-15-16)6-13-11-5-9(19(2,17)18)3-4-10(11)12/h3-5,7,13H,6H2,1-2H3. The van der Waals surface area contributed by atoms with Gasteiger partial charge in [-0.1, -0.05) is 5.21 Å². The minimum Gasteiger partial charge on any atom is -0.377 e. The van der Waals surface area contributed by atoms with E-state index in [0.29, 0.717) is 5.69 Å².